The maximum atomic E-state index is 14.4. The fourth-order valence-electron chi connectivity index (χ4n) is 3.55. The second-order valence-corrected chi connectivity index (χ2v) is 7.46. The summed E-state index contributed by atoms with van der Waals surface area (Å²) < 4.78 is 19.6. The second kappa shape index (κ2) is 11.1. The highest BCUT2D eigenvalue weighted by Gasteiger charge is 2.30. The first-order chi connectivity index (χ1) is 15.5. The Hall–Kier alpha value is -3.67. The topological polar surface area (TPSA) is 58.6 Å². The lowest BCUT2D eigenvalue weighted by Gasteiger charge is -2.31. The SMILES string of the molecule is CNC(=O)[C@@H](Cc1ccccc1)N(Cc1ccccc1F)C(=O)Cc1ccc(OC)cc1. The Bertz CT molecular complexity index is 1040. The van der Waals surface area contributed by atoms with E-state index in [9.17, 15) is 14.0 Å². The molecule has 0 radical (unpaired) electrons. The molecule has 0 bridgehead atoms. The van der Waals surface area contributed by atoms with E-state index in [-0.39, 0.29) is 24.8 Å². The summed E-state index contributed by atoms with van der Waals surface area (Å²) in [6, 6.07) is 22.2. The molecule has 6 heteroatoms. The summed E-state index contributed by atoms with van der Waals surface area (Å²) >= 11 is 0. The van der Waals surface area contributed by atoms with Crippen molar-refractivity contribution in [2.24, 2.45) is 0 Å². The Morgan fingerprint density at radius 1 is 0.938 bits per heavy atom. The number of nitrogens with one attached hydrogen (secondary N) is 1. The zero-order chi connectivity index (χ0) is 22.9. The molecule has 0 saturated heterocycles. The highest BCUT2D eigenvalue weighted by atomic mass is 19.1. The fourth-order valence-corrected chi connectivity index (χ4v) is 3.55. The number of carbonyl (C=O) groups excluding carboxylic acids is 2. The molecule has 166 valence electrons. The van der Waals surface area contributed by atoms with E-state index >= 15 is 0 Å². The summed E-state index contributed by atoms with van der Waals surface area (Å²) in [4.78, 5) is 27.8. The van der Waals surface area contributed by atoms with Gasteiger partial charge in [-0.2, -0.15) is 0 Å². The van der Waals surface area contributed by atoms with E-state index in [0.717, 1.165) is 11.1 Å². The molecule has 32 heavy (non-hydrogen) atoms. The largest absolute Gasteiger partial charge is 0.497 e. The molecule has 1 N–H and O–H groups in total. The summed E-state index contributed by atoms with van der Waals surface area (Å²) in [5, 5.41) is 2.66. The molecule has 2 amide bonds. The monoisotopic (exact) mass is 434 g/mol. The number of benzene rings is 3. The number of nitrogens with zero attached hydrogens (tertiary/aromatic N) is 1. The lowest BCUT2D eigenvalue weighted by Crippen LogP contribution is -2.50. The maximum absolute atomic E-state index is 14.4. The van der Waals surface area contributed by atoms with E-state index in [1.54, 1.807) is 37.4 Å². The first-order valence-corrected chi connectivity index (χ1v) is 10.4. The van der Waals surface area contributed by atoms with Crippen LogP contribution in [0.25, 0.3) is 0 Å². The van der Waals surface area contributed by atoms with Crippen molar-refractivity contribution in [2.75, 3.05) is 14.2 Å². The molecule has 0 fully saturated rings. The molecule has 0 saturated carbocycles. The van der Waals surface area contributed by atoms with Gasteiger partial charge in [0.2, 0.25) is 11.8 Å². The van der Waals surface area contributed by atoms with Gasteiger partial charge in [-0.15, -0.1) is 0 Å². The van der Waals surface area contributed by atoms with Crippen molar-refractivity contribution in [1.82, 2.24) is 10.2 Å². The first-order valence-electron chi connectivity index (χ1n) is 10.4. The van der Waals surface area contributed by atoms with Crippen molar-refractivity contribution in [2.45, 2.75) is 25.4 Å². The van der Waals surface area contributed by atoms with E-state index in [2.05, 4.69) is 5.32 Å². The third-order valence-corrected chi connectivity index (χ3v) is 5.33. The van der Waals surface area contributed by atoms with Crippen LogP contribution in [0.2, 0.25) is 0 Å². The highest BCUT2D eigenvalue weighted by molar-refractivity contribution is 5.88. The molecule has 0 aromatic heterocycles. The third-order valence-electron chi connectivity index (χ3n) is 5.33. The molecule has 5 nitrogen and oxygen atoms in total. The first kappa shape index (κ1) is 23.0. The van der Waals surface area contributed by atoms with Crippen molar-refractivity contribution >= 4 is 11.8 Å². The Morgan fingerprint density at radius 2 is 1.59 bits per heavy atom. The van der Waals surface area contributed by atoms with Crippen molar-refractivity contribution < 1.29 is 18.7 Å². The third kappa shape index (κ3) is 5.94. The lowest BCUT2D eigenvalue weighted by molar-refractivity contribution is -0.140. The van der Waals surface area contributed by atoms with Crippen LogP contribution in [0.3, 0.4) is 0 Å². The molecule has 0 aliphatic heterocycles. The molecule has 1 atom stereocenters. The Balaban J connectivity index is 1.93. The number of ether oxygens (including phenoxy) is 1. The molecule has 3 aromatic carbocycles. The zero-order valence-corrected chi connectivity index (χ0v) is 18.3. The van der Waals surface area contributed by atoms with Crippen LogP contribution in [-0.2, 0) is 29.0 Å². The summed E-state index contributed by atoms with van der Waals surface area (Å²) in [5.74, 6) is -0.280. The molecule has 0 spiro atoms. The minimum Gasteiger partial charge on any atom is -0.497 e. The van der Waals surface area contributed by atoms with Gasteiger partial charge in [0.05, 0.1) is 13.5 Å². The van der Waals surface area contributed by atoms with E-state index in [0.29, 0.717) is 17.7 Å². The molecule has 0 aliphatic rings. The number of hydrogen-bond acceptors (Lipinski definition) is 3. The predicted octanol–water partition coefficient (Wildman–Crippen LogP) is 3.76. The van der Waals surface area contributed by atoms with Gasteiger partial charge >= 0.3 is 0 Å². The number of amides is 2. The summed E-state index contributed by atoms with van der Waals surface area (Å²) in [6.45, 7) is -0.00736. The van der Waals surface area contributed by atoms with E-state index < -0.39 is 11.9 Å². The standard InChI is InChI=1S/C26H27FN2O3/c1-28-26(31)24(16-19-8-4-3-5-9-19)29(18-21-10-6-7-11-23(21)27)25(30)17-20-12-14-22(32-2)15-13-20/h3-15,24H,16-18H2,1-2H3,(H,28,31)/t24-/m1/s1. The van der Waals surface area contributed by atoms with Gasteiger partial charge in [-0.1, -0.05) is 60.7 Å². The van der Waals surface area contributed by atoms with Crippen LogP contribution in [0.15, 0.2) is 78.9 Å². The number of likely N-dealkylation sites (N-methyl/N-ethyl adjacent to an activating group) is 1. The number of halogens is 1. The van der Waals surface area contributed by atoms with Crippen LogP contribution in [0.4, 0.5) is 4.39 Å². The smallest absolute Gasteiger partial charge is 0.242 e. The second-order valence-electron chi connectivity index (χ2n) is 7.46. The lowest BCUT2D eigenvalue weighted by atomic mass is 10.0. The average molecular weight is 435 g/mol. The van der Waals surface area contributed by atoms with Gasteiger partial charge in [-0.05, 0) is 29.3 Å². The van der Waals surface area contributed by atoms with Crippen LogP contribution in [0.5, 0.6) is 5.75 Å². The van der Waals surface area contributed by atoms with Gasteiger partial charge in [0.15, 0.2) is 0 Å². The number of carbonyl (C=O) groups is 2. The van der Waals surface area contributed by atoms with Gasteiger partial charge in [-0.3, -0.25) is 9.59 Å². The summed E-state index contributed by atoms with van der Waals surface area (Å²) in [6.07, 6.45) is 0.407. The Labute approximate surface area is 187 Å². The number of hydrogen-bond donors (Lipinski definition) is 1. The quantitative estimate of drug-likeness (QED) is 0.558. The molecular formula is C26H27FN2O3. The van der Waals surface area contributed by atoms with E-state index in [1.807, 2.05) is 42.5 Å². The molecule has 0 aliphatic carbocycles. The number of rotatable bonds is 9. The molecule has 0 unspecified atom stereocenters. The van der Waals surface area contributed by atoms with Gasteiger partial charge in [0.1, 0.15) is 17.6 Å². The van der Waals surface area contributed by atoms with E-state index in [1.165, 1.54) is 18.0 Å². The van der Waals surface area contributed by atoms with Gasteiger partial charge in [-0.25, -0.2) is 4.39 Å². The van der Waals surface area contributed by atoms with Crippen molar-refractivity contribution in [3.8, 4) is 5.75 Å². The predicted molar refractivity (Wildman–Crippen MR) is 122 cm³/mol. The van der Waals surface area contributed by atoms with Crippen LogP contribution >= 0.6 is 0 Å². The van der Waals surface area contributed by atoms with Gasteiger partial charge in [0.25, 0.3) is 0 Å². The van der Waals surface area contributed by atoms with Crippen molar-refractivity contribution in [3.05, 3.63) is 101 Å². The molecule has 0 heterocycles. The Kier molecular flexibility index (Phi) is 7.97. The Morgan fingerprint density at radius 3 is 2.22 bits per heavy atom. The van der Waals surface area contributed by atoms with Crippen LogP contribution < -0.4 is 10.1 Å². The van der Waals surface area contributed by atoms with Crippen LogP contribution in [-0.4, -0.2) is 36.9 Å². The summed E-state index contributed by atoms with van der Waals surface area (Å²) in [5.41, 5.74) is 2.05. The minimum absolute atomic E-state index is 0.00736. The highest BCUT2D eigenvalue weighted by Crippen LogP contribution is 2.19. The van der Waals surface area contributed by atoms with Crippen molar-refractivity contribution in [3.63, 3.8) is 0 Å². The normalized spacial score (nSPS) is 11.5. The van der Waals surface area contributed by atoms with E-state index in [4.69, 9.17) is 4.74 Å². The van der Waals surface area contributed by atoms with Crippen LogP contribution in [0.1, 0.15) is 16.7 Å². The number of methoxy groups -OCH3 is 1. The van der Waals surface area contributed by atoms with Gasteiger partial charge in [0, 0.05) is 25.6 Å². The van der Waals surface area contributed by atoms with Crippen LogP contribution in [0, 0.1) is 5.82 Å². The molecular weight excluding hydrogens is 407 g/mol. The maximum Gasteiger partial charge on any atom is 0.242 e. The fraction of sp³-hybridized carbons (Fsp3) is 0.231. The molecule has 3 rings (SSSR count). The zero-order valence-electron chi connectivity index (χ0n) is 18.3. The minimum atomic E-state index is -0.784. The summed E-state index contributed by atoms with van der Waals surface area (Å²) in [7, 11) is 3.11. The molecule has 3 aromatic rings. The van der Waals surface area contributed by atoms with Gasteiger partial charge < -0.3 is 15.0 Å². The average Bonchev–Trinajstić information content (AvgIpc) is 2.83. The van der Waals surface area contributed by atoms with Crippen molar-refractivity contribution in [1.29, 1.82) is 0 Å².